The number of hydrogen-bond acceptors (Lipinski definition) is 2. The molecule has 0 aliphatic rings. The summed E-state index contributed by atoms with van der Waals surface area (Å²) in [5, 5.41) is 0. The van der Waals surface area contributed by atoms with E-state index in [0.29, 0.717) is 17.1 Å². The van der Waals surface area contributed by atoms with E-state index in [-0.39, 0.29) is 17.8 Å². The molecule has 0 radical (unpaired) electrons. The predicted molar refractivity (Wildman–Crippen MR) is 79.5 cm³/mol. The molecule has 0 unspecified atom stereocenters. The van der Waals surface area contributed by atoms with Gasteiger partial charge in [-0.05, 0) is 40.8 Å². The van der Waals surface area contributed by atoms with Crippen LogP contribution in [-0.4, -0.2) is 0 Å². The Hall–Kier alpha value is -1.87. The quantitative estimate of drug-likeness (QED) is 0.901. The van der Waals surface area contributed by atoms with Crippen molar-refractivity contribution in [2.45, 2.75) is 32.7 Å². The first-order valence-electron chi connectivity index (χ1n) is 6.66. The molecule has 20 heavy (non-hydrogen) atoms. The second kappa shape index (κ2) is 5.63. The zero-order valence-electron chi connectivity index (χ0n) is 12.1. The van der Waals surface area contributed by atoms with E-state index in [4.69, 9.17) is 10.5 Å². The number of halogens is 1. The molecule has 0 bridgehead atoms. The second-order valence-electron chi connectivity index (χ2n) is 5.88. The first-order valence-corrected chi connectivity index (χ1v) is 6.66. The molecule has 3 heteroatoms. The molecule has 0 saturated heterocycles. The van der Waals surface area contributed by atoms with Crippen LogP contribution in [0.4, 0.5) is 4.39 Å². The number of ether oxygens (including phenoxy) is 1. The van der Waals surface area contributed by atoms with Gasteiger partial charge in [0.25, 0.3) is 0 Å². The van der Waals surface area contributed by atoms with Crippen molar-refractivity contribution in [1.29, 1.82) is 0 Å². The standard InChI is InChI=1S/C17H20FNO/c1-17(2,3)13-5-4-6-15(9-13)20-16-8-12(11-19)7-14(18)10-16/h4-10H,11,19H2,1-3H3. The Labute approximate surface area is 119 Å². The van der Waals surface area contributed by atoms with Crippen LogP contribution < -0.4 is 10.5 Å². The van der Waals surface area contributed by atoms with Gasteiger partial charge in [0.15, 0.2) is 0 Å². The fourth-order valence-electron chi connectivity index (χ4n) is 1.96. The lowest BCUT2D eigenvalue weighted by molar-refractivity contribution is 0.472. The Balaban J connectivity index is 2.28. The van der Waals surface area contributed by atoms with Gasteiger partial charge in [-0.3, -0.25) is 0 Å². The van der Waals surface area contributed by atoms with Gasteiger partial charge in [0.2, 0.25) is 0 Å². The van der Waals surface area contributed by atoms with Crippen molar-refractivity contribution in [3.63, 3.8) is 0 Å². The molecule has 2 N–H and O–H groups in total. The highest BCUT2D eigenvalue weighted by Gasteiger charge is 2.14. The van der Waals surface area contributed by atoms with Gasteiger partial charge >= 0.3 is 0 Å². The number of hydrogen-bond donors (Lipinski definition) is 1. The normalized spacial score (nSPS) is 11.4. The molecule has 106 valence electrons. The van der Waals surface area contributed by atoms with Gasteiger partial charge in [-0.2, -0.15) is 0 Å². The van der Waals surface area contributed by atoms with Crippen LogP contribution in [-0.2, 0) is 12.0 Å². The lowest BCUT2D eigenvalue weighted by Gasteiger charge is -2.19. The third-order valence-electron chi connectivity index (χ3n) is 3.10. The van der Waals surface area contributed by atoms with Crippen molar-refractivity contribution >= 4 is 0 Å². The summed E-state index contributed by atoms with van der Waals surface area (Å²) >= 11 is 0. The van der Waals surface area contributed by atoms with Crippen LogP contribution in [0.5, 0.6) is 11.5 Å². The van der Waals surface area contributed by atoms with Crippen LogP contribution in [0.3, 0.4) is 0 Å². The van der Waals surface area contributed by atoms with E-state index in [1.807, 2.05) is 18.2 Å². The van der Waals surface area contributed by atoms with E-state index in [9.17, 15) is 4.39 Å². The molecule has 0 heterocycles. The molecule has 2 aromatic carbocycles. The SMILES string of the molecule is CC(C)(C)c1cccc(Oc2cc(F)cc(CN)c2)c1. The number of rotatable bonds is 3. The smallest absolute Gasteiger partial charge is 0.130 e. The molecule has 0 aromatic heterocycles. The Kier molecular flexibility index (Phi) is 4.09. The van der Waals surface area contributed by atoms with Crippen LogP contribution in [0.15, 0.2) is 42.5 Å². The summed E-state index contributed by atoms with van der Waals surface area (Å²) in [6.45, 7) is 6.71. The largest absolute Gasteiger partial charge is 0.457 e. The molecule has 0 spiro atoms. The summed E-state index contributed by atoms with van der Waals surface area (Å²) in [7, 11) is 0. The number of benzene rings is 2. The molecule has 0 atom stereocenters. The van der Waals surface area contributed by atoms with Crippen LogP contribution in [0.25, 0.3) is 0 Å². The van der Waals surface area contributed by atoms with Gasteiger partial charge < -0.3 is 10.5 Å². The van der Waals surface area contributed by atoms with E-state index in [1.165, 1.54) is 17.7 Å². The second-order valence-corrected chi connectivity index (χ2v) is 5.88. The summed E-state index contributed by atoms with van der Waals surface area (Å²) in [6, 6.07) is 12.4. The maximum absolute atomic E-state index is 13.5. The van der Waals surface area contributed by atoms with Gasteiger partial charge in [-0.1, -0.05) is 32.9 Å². The van der Waals surface area contributed by atoms with E-state index < -0.39 is 0 Å². The molecule has 0 aliphatic heterocycles. The zero-order valence-corrected chi connectivity index (χ0v) is 12.1. The highest BCUT2D eigenvalue weighted by Crippen LogP contribution is 2.29. The Morgan fingerprint density at radius 1 is 1.05 bits per heavy atom. The topological polar surface area (TPSA) is 35.2 Å². The highest BCUT2D eigenvalue weighted by molar-refractivity contribution is 5.38. The molecular formula is C17H20FNO. The Morgan fingerprint density at radius 2 is 1.80 bits per heavy atom. The Morgan fingerprint density at radius 3 is 2.45 bits per heavy atom. The summed E-state index contributed by atoms with van der Waals surface area (Å²) in [6.07, 6.45) is 0. The zero-order chi connectivity index (χ0) is 14.8. The van der Waals surface area contributed by atoms with Gasteiger partial charge in [-0.25, -0.2) is 4.39 Å². The van der Waals surface area contributed by atoms with Crippen molar-refractivity contribution in [2.24, 2.45) is 5.73 Å². The highest BCUT2D eigenvalue weighted by atomic mass is 19.1. The summed E-state index contributed by atoms with van der Waals surface area (Å²) in [4.78, 5) is 0. The molecule has 2 rings (SSSR count). The minimum atomic E-state index is -0.338. The fraction of sp³-hybridized carbons (Fsp3) is 0.294. The molecule has 0 fully saturated rings. The van der Waals surface area contributed by atoms with E-state index >= 15 is 0 Å². The monoisotopic (exact) mass is 273 g/mol. The summed E-state index contributed by atoms with van der Waals surface area (Å²) in [5.74, 6) is 0.831. The first kappa shape index (κ1) is 14.5. The van der Waals surface area contributed by atoms with Gasteiger partial charge in [0.1, 0.15) is 17.3 Å². The van der Waals surface area contributed by atoms with Crippen LogP contribution in [0.1, 0.15) is 31.9 Å². The molecule has 2 aromatic rings. The fourth-order valence-corrected chi connectivity index (χ4v) is 1.96. The average Bonchev–Trinajstić information content (AvgIpc) is 2.37. The van der Waals surface area contributed by atoms with E-state index in [1.54, 1.807) is 6.07 Å². The van der Waals surface area contributed by atoms with Crippen molar-refractivity contribution in [1.82, 2.24) is 0 Å². The van der Waals surface area contributed by atoms with Crippen molar-refractivity contribution in [3.8, 4) is 11.5 Å². The maximum atomic E-state index is 13.5. The lowest BCUT2D eigenvalue weighted by Crippen LogP contribution is -2.10. The number of nitrogens with two attached hydrogens (primary N) is 1. The minimum Gasteiger partial charge on any atom is -0.457 e. The van der Waals surface area contributed by atoms with Crippen molar-refractivity contribution < 1.29 is 9.13 Å². The molecule has 0 saturated carbocycles. The Bertz CT molecular complexity index is 602. The third-order valence-corrected chi connectivity index (χ3v) is 3.10. The van der Waals surface area contributed by atoms with Gasteiger partial charge in [0.05, 0.1) is 0 Å². The summed E-state index contributed by atoms with van der Waals surface area (Å²) < 4.78 is 19.2. The maximum Gasteiger partial charge on any atom is 0.130 e. The van der Waals surface area contributed by atoms with Gasteiger partial charge in [-0.15, -0.1) is 0 Å². The minimum absolute atomic E-state index is 0.0454. The van der Waals surface area contributed by atoms with E-state index in [0.717, 1.165) is 0 Å². The molecule has 0 aliphatic carbocycles. The van der Waals surface area contributed by atoms with E-state index in [2.05, 4.69) is 26.8 Å². The van der Waals surface area contributed by atoms with Crippen molar-refractivity contribution in [2.75, 3.05) is 0 Å². The predicted octanol–water partition coefficient (Wildman–Crippen LogP) is 4.37. The summed E-state index contributed by atoms with van der Waals surface area (Å²) in [5.41, 5.74) is 7.47. The molecule has 0 amide bonds. The molecule has 2 nitrogen and oxygen atoms in total. The van der Waals surface area contributed by atoms with Crippen LogP contribution >= 0.6 is 0 Å². The van der Waals surface area contributed by atoms with Gasteiger partial charge in [0, 0.05) is 12.6 Å². The van der Waals surface area contributed by atoms with Crippen LogP contribution in [0, 0.1) is 5.82 Å². The third kappa shape index (κ3) is 3.58. The van der Waals surface area contributed by atoms with Crippen LogP contribution in [0.2, 0.25) is 0 Å². The average molecular weight is 273 g/mol. The van der Waals surface area contributed by atoms with Crippen molar-refractivity contribution in [3.05, 3.63) is 59.4 Å². The lowest BCUT2D eigenvalue weighted by atomic mass is 9.87. The first-order chi connectivity index (χ1) is 9.38. The molecular weight excluding hydrogens is 253 g/mol.